The number of fused-ring (bicyclic) bond motifs is 3. The minimum atomic E-state index is -1.05. The Bertz CT molecular complexity index is 791. The van der Waals surface area contributed by atoms with Gasteiger partial charge in [-0.05, 0) is 41.5 Å². The molecule has 0 amide bonds. The molecule has 0 bridgehead atoms. The number of rotatable bonds is 8. The fourth-order valence-electron chi connectivity index (χ4n) is 3.51. The van der Waals surface area contributed by atoms with Gasteiger partial charge in [-0.15, -0.1) is 0 Å². The molecule has 142 valence electrons. The molecule has 1 aliphatic carbocycles. The van der Waals surface area contributed by atoms with Crippen LogP contribution in [0.15, 0.2) is 48.5 Å². The number of hydrogen-bond acceptors (Lipinski definition) is 5. The van der Waals surface area contributed by atoms with Crippen molar-refractivity contribution in [2.75, 3.05) is 6.61 Å². The number of ether oxygens (including phenoxy) is 1. The van der Waals surface area contributed by atoms with Gasteiger partial charge in [-0.2, -0.15) is 0 Å². The summed E-state index contributed by atoms with van der Waals surface area (Å²) in [6, 6.07) is 14.5. The third-order valence-corrected chi connectivity index (χ3v) is 5.01. The van der Waals surface area contributed by atoms with Crippen LogP contribution in [0.3, 0.4) is 0 Å². The van der Waals surface area contributed by atoms with E-state index in [1.54, 1.807) is 0 Å². The van der Waals surface area contributed by atoms with Gasteiger partial charge in [-0.3, -0.25) is 9.59 Å². The number of esters is 1. The number of carbonyl (C=O) groups is 2. The van der Waals surface area contributed by atoms with Gasteiger partial charge in [-0.25, -0.2) is 0 Å². The number of nitrogens with two attached hydrogens (primary N) is 2. The lowest BCUT2D eigenvalue weighted by molar-refractivity contribution is -0.145. The second-order valence-corrected chi connectivity index (χ2v) is 6.84. The van der Waals surface area contributed by atoms with Crippen LogP contribution >= 0.6 is 0 Å². The van der Waals surface area contributed by atoms with Crippen molar-refractivity contribution in [3.8, 4) is 11.1 Å². The maximum absolute atomic E-state index is 12.2. The first kappa shape index (κ1) is 19.1. The SMILES string of the molecule is NC(CCCC(N)C(=O)OCC1c2ccccc2-c2ccccc21)C(=O)O. The van der Waals surface area contributed by atoms with E-state index >= 15 is 0 Å². The number of aliphatic carboxylic acids is 1. The normalized spacial score (nSPS) is 14.9. The van der Waals surface area contributed by atoms with E-state index in [9.17, 15) is 9.59 Å². The molecule has 0 radical (unpaired) electrons. The van der Waals surface area contributed by atoms with Gasteiger partial charge in [0.25, 0.3) is 0 Å². The first-order valence-corrected chi connectivity index (χ1v) is 9.08. The zero-order chi connectivity index (χ0) is 19.4. The van der Waals surface area contributed by atoms with Crippen LogP contribution < -0.4 is 11.5 Å². The summed E-state index contributed by atoms with van der Waals surface area (Å²) < 4.78 is 5.49. The molecule has 2 atom stereocenters. The number of carboxylic acids is 1. The minimum absolute atomic E-state index is 0.00557. The van der Waals surface area contributed by atoms with Crippen LogP contribution in [0.4, 0.5) is 0 Å². The lowest BCUT2D eigenvalue weighted by Gasteiger charge is -2.17. The second-order valence-electron chi connectivity index (χ2n) is 6.84. The Labute approximate surface area is 158 Å². The van der Waals surface area contributed by atoms with Crippen molar-refractivity contribution in [2.24, 2.45) is 11.5 Å². The van der Waals surface area contributed by atoms with E-state index in [4.69, 9.17) is 21.3 Å². The lowest BCUT2D eigenvalue weighted by atomic mass is 9.98. The summed E-state index contributed by atoms with van der Waals surface area (Å²) in [5.41, 5.74) is 16.0. The van der Waals surface area contributed by atoms with Gasteiger partial charge >= 0.3 is 11.9 Å². The molecule has 2 aromatic rings. The molecule has 5 N–H and O–H groups in total. The van der Waals surface area contributed by atoms with Crippen LogP contribution in [0, 0.1) is 0 Å². The van der Waals surface area contributed by atoms with Gasteiger partial charge < -0.3 is 21.3 Å². The molecule has 6 nitrogen and oxygen atoms in total. The maximum Gasteiger partial charge on any atom is 0.322 e. The van der Waals surface area contributed by atoms with Crippen molar-refractivity contribution < 1.29 is 19.4 Å². The highest BCUT2D eigenvalue weighted by atomic mass is 16.5. The second kappa shape index (κ2) is 8.33. The summed E-state index contributed by atoms with van der Waals surface area (Å²) in [7, 11) is 0. The summed E-state index contributed by atoms with van der Waals surface area (Å²) in [6.45, 7) is 0.231. The highest BCUT2D eigenvalue weighted by Crippen LogP contribution is 2.44. The smallest absolute Gasteiger partial charge is 0.322 e. The fourth-order valence-corrected chi connectivity index (χ4v) is 3.51. The van der Waals surface area contributed by atoms with Gasteiger partial charge in [-0.1, -0.05) is 48.5 Å². The molecule has 2 unspecified atom stereocenters. The Morgan fingerprint density at radius 3 is 2.00 bits per heavy atom. The predicted octanol–water partition coefficient (Wildman–Crippen LogP) is 2.25. The zero-order valence-electron chi connectivity index (χ0n) is 15.0. The molecular formula is C21H24N2O4. The average molecular weight is 368 g/mol. The zero-order valence-corrected chi connectivity index (χ0v) is 15.0. The van der Waals surface area contributed by atoms with Crippen molar-refractivity contribution in [1.29, 1.82) is 0 Å². The van der Waals surface area contributed by atoms with E-state index in [-0.39, 0.29) is 18.9 Å². The van der Waals surface area contributed by atoms with Crippen molar-refractivity contribution in [3.63, 3.8) is 0 Å². The van der Waals surface area contributed by atoms with Gasteiger partial charge in [0.05, 0.1) is 0 Å². The third kappa shape index (κ3) is 4.18. The summed E-state index contributed by atoms with van der Waals surface area (Å²) in [5, 5.41) is 8.77. The van der Waals surface area contributed by atoms with Gasteiger partial charge in [0.15, 0.2) is 0 Å². The number of benzene rings is 2. The Balaban J connectivity index is 1.58. The Morgan fingerprint density at radius 1 is 0.926 bits per heavy atom. The molecule has 27 heavy (non-hydrogen) atoms. The molecule has 1 aliphatic rings. The Hall–Kier alpha value is -2.70. The van der Waals surface area contributed by atoms with Crippen molar-refractivity contribution in [3.05, 3.63) is 59.7 Å². The van der Waals surface area contributed by atoms with Gasteiger partial charge in [0, 0.05) is 5.92 Å². The molecule has 0 fully saturated rings. The van der Waals surface area contributed by atoms with Gasteiger partial charge in [0.1, 0.15) is 18.7 Å². The molecule has 6 heteroatoms. The van der Waals surface area contributed by atoms with E-state index < -0.39 is 24.0 Å². The van der Waals surface area contributed by atoms with Crippen LogP contribution in [-0.2, 0) is 14.3 Å². The highest BCUT2D eigenvalue weighted by molar-refractivity contribution is 5.79. The highest BCUT2D eigenvalue weighted by Gasteiger charge is 2.29. The molecule has 0 spiro atoms. The van der Waals surface area contributed by atoms with Crippen LogP contribution in [0.1, 0.15) is 36.3 Å². The Morgan fingerprint density at radius 2 is 1.44 bits per heavy atom. The van der Waals surface area contributed by atoms with Gasteiger partial charge in [0.2, 0.25) is 0 Å². The minimum Gasteiger partial charge on any atom is -0.480 e. The monoisotopic (exact) mass is 368 g/mol. The fraction of sp³-hybridized carbons (Fsp3) is 0.333. The Kier molecular flexibility index (Phi) is 5.88. The number of hydrogen-bond donors (Lipinski definition) is 3. The number of carboxylic acid groups (broad SMARTS) is 1. The van der Waals surface area contributed by atoms with Crippen molar-refractivity contribution in [1.82, 2.24) is 0 Å². The summed E-state index contributed by atoms with van der Waals surface area (Å²) >= 11 is 0. The first-order chi connectivity index (χ1) is 13.0. The molecule has 0 aliphatic heterocycles. The van der Waals surface area contributed by atoms with Crippen molar-refractivity contribution >= 4 is 11.9 Å². The largest absolute Gasteiger partial charge is 0.480 e. The lowest BCUT2D eigenvalue weighted by Crippen LogP contribution is -2.34. The quantitative estimate of drug-likeness (QED) is 0.616. The molecule has 3 rings (SSSR count). The number of carbonyl (C=O) groups excluding carboxylic acids is 1. The molecule has 0 saturated heterocycles. The maximum atomic E-state index is 12.2. The standard InChI is InChI=1S/C21H24N2O4/c22-18(20(24)25)10-5-11-19(23)21(26)27-12-17-15-8-3-1-6-13(15)14-7-2-4-9-16(14)17/h1-4,6-9,17-19H,5,10-12,22-23H2,(H,24,25). The molecule has 0 heterocycles. The van der Waals surface area contributed by atoms with Crippen LogP contribution in [0.2, 0.25) is 0 Å². The molecule has 0 saturated carbocycles. The van der Waals surface area contributed by atoms with E-state index in [0.717, 1.165) is 11.1 Å². The van der Waals surface area contributed by atoms with Crippen LogP contribution in [0.5, 0.6) is 0 Å². The molecular weight excluding hydrogens is 344 g/mol. The van der Waals surface area contributed by atoms with E-state index in [1.807, 2.05) is 24.3 Å². The van der Waals surface area contributed by atoms with E-state index in [1.165, 1.54) is 11.1 Å². The van der Waals surface area contributed by atoms with Crippen molar-refractivity contribution in [2.45, 2.75) is 37.3 Å². The van der Waals surface area contributed by atoms with E-state index in [0.29, 0.717) is 12.8 Å². The van der Waals surface area contributed by atoms with Crippen LogP contribution in [-0.4, -0.2) is 35.7 Å². The van der Waals surface area contributed by atoms with E-state index in [2.05, 4.69) is 24.3 Å². The summed E-state index contributed by atoms with van der Waals surface area (Å²) in [6.07, 6.45) is 1.08. The summed E-state index contributed by atoms with van der Waals surface area (Å²) in [5.74, 6) is -1.53. The molecule has 2 aromatic carbocycles. The summed E-state index contributed by atoms with van der Waals surface area (Å²) in [4.78, 5) is 23.0. The topological polar surface area (TPSA) is 116 Å². The third-order valence-electron chi connectivity index (χ3n) is 5.01. The first-order valence-electron chi connectivity index (χ1n) is 9.08. The average Bonchev–Trinajstić information content (AvgIpc) is 2.99. The molecule has 0 aromatic heterocycles. The predicted molar refractivity (Wildman–Crippen MR) is 102 cm³/mol. The van der Waals surface area contributed by atoms with Crippen LogP contribution in [0.25, 0.3) is 11.1 Å².